The minimum atomic E-state index is -0.313. The molecular formula is C12H25NO4. The number of hydrogen-bond acceptors (Lipinski definition) is 5. The molecule has 0 aromatic heterocycles. The second-order valence-corrected chi connectivity index (χ2v) is 3.92. The molecule has 2 unspecified atom stereocenters. The maximum atomic E-state index is 11.7. The van der Waals surface area contributed by atoms with Crippen LogP contribution in [0.2, 0.25) is 0 Å². The van der Waals surface area contributed by atoms with Gasteiger partial charge < -0.3 is 14.6 Å². The number of aliphatic hydroxyl groups excluding tert-OH is 1. The molecule has 17 heavy (non-hydrogen) atoms. The highest BCUT2D eigenvalue weighted by atomic mass is 16.5. The van der Waals surface area contributed by atoms with Crippen LogP contribution >= 0.6 is 0 Å². The van der Waals surface area contributed by atoms with E-state index in [1.807, 2.05) is 6.92 Å². The average Bonchev–Trinajstić information content (AvgIpc) is 2.29. The van der Waals surface area contributed by atoms with Gasteiger partial charge in [0.25, 0.3) is 0 Å². The Balaban J connectivity index is 4.31. The Labute approximate surface area is 103 Å². The molecule has 2 N–H and O–H groups in total. The van der Waals surface area contributed by atoms with Gasteiger partial charge in [0.05, 0.1) is 13.2 Å². The zero-order chi connectivity index (χ0) is 13.1. The summed E-state index contributed by atoms with van der Waals surface area (Å²) in [7, 11) is 1.60. The second-order valence-electron chi connectivity index (χ2n) is 3.92. The van der Waals surface area contributed by atoms with Crippen molar-refractivity contribution < 1.29 is 19.4 Å². The fraction of sp³-hybridized carbons (Fsp3) is 0.917. The van der Waals surface area contributed by atoms with Crippen LogP contribution in [0, 0.1) is 0 Å². The van der Waals surface area contributed by atoms with Crippen molar-refractivity contribution in [2.24, 2.45) is 0 Å². The van der Waals surface area contributed by atoms with Crippen LogP contribution in [-0.4, -0.2) is 50.1 Å². The van der Waals surface area contributed by atoms with Crippen molar-refractivity contribution in [3.05, 3.63) is 0 Å². The molecule has 0 rings (SSSR count). The number of hydrogen-bond donors (Lipinski definition) is 2. The normalized spacial score (nSPS) is 14.4. The lowest BCUT2D eigenvalue weighted by Gasteiger charge is -2.23. The number of rotatable bonds is 10. The minimum Gasteiger partial charge on any atom is -0.465 e. The first-order valence-corrected chi connectivity index (χ1v) is 6.22. The highest BCUT2D eigenvalue weighted by molar-refractivity contribution is 5.75. The quantitative estimate of drug-likeness (QED) is 0.556. The predicted octanol–water partition coefficient (Wildman–Crippen LogP) is 0.705. The highest BCUT2D eigenvalue weighted by Crippen LogP contribution is 2.03. The first kappa shape index (κ1) is 16.4. The summed E-state index contributed by atoms with van der Waals surface area (Å²) in [6, 6.07) is -0.336. The summed E-state index contributed by atoms with van der Waals surface area (Å²) in [6.07, 6.45) is 2.19. The largest absolute Gasteiger partial charge is 0.465 e. The van der Waals surface area contributed by atoms with Crippen LogP contribution in [0.25, 0.3) is 0 Å². The Kier molecular flexibility index (Phi) is 10.1. The molecule has 0 aliphatic heterocycles. The van der Waals surface area contributed by atoms with Crippen LogP contribution in [0.3, 0.4) is 0 Å². The standard InChI is InChI=1S/C12H25NO4/c1-4-6-11(12(15)17-5-2)13-10(7-8-14)9-16-3/h10-11,13-14H,4-9H2,1-3H3. The Morgan fingerprint density at radius 1 is 1.35 bits per heavy atom. The Hall–Kier alpha value is -0.650. The maximum Gasteiger partial charge on any atom is 0.323 e. The van der Waals surface area contributed by atoms with Crippen molar-refractivity contribution in [2.45, 2.75) is 45.2 Å². The van der Waals surface area contributed by atoms with E-state index < -0.39 is 0 Å². The molecule has 5 heteroatoms. The van der Waals surface area contributed by atoms with E-state index >= 15 is 0 Å². The van der Waals surface area contributed by atoms with Gasteiger partial charge in [0.1, 0.15) is 6.04 Å². The molecule has 0 fully saturated rings. The highest BCUT2D eigenvalue weighted by Gasteiger charge is 2.22. The molecule has 0 spiro atoms. The minimum absolute atomic E-state index is 0.0223. The molecule has 0 aromatic rings. The molecule has 0 saturated heterocycles. The van der Waals surface area contributed by atoms with Crippen molar-refractivity contribution in [1.82, 2.24) is 5.32 Å². The first-order valence-electron chi connectivity index (χ1n) is 6.22. The SMILES string of the molecule is CCCC(NC(CCO)COC)C(=O)OCC. The zero-order valence-corrected chi connectivity index (χ0v) is 11.1. The van der Waals surface area contributed by atoms with Gasteiger partial charge in [-0.1, -0.05) is 13.3 Å². The molecule has 0 amide bonds. The lowest BCUT2D eigenvalue weighted by Crippen LogP contribution is -2.46. The molecule has 0 bridgehead atoms. The number of aliphatic hydroxyl groups is 1. The van der Waals surface area contributed by atoms with E-state index in [2.05, 4.69) is 5.32 Å². The Morgan fingerprint density at radius 3 is 2.53 bits per heavy atom. The van der Waals surface area contributed by atoms with Gasteiger partial charge in [-0.25, -0.2) is 0 Å². The van der Waals surface area contributed by atoms with E-state index in [0.29, 0.717) is 19.6 Å². The van der Waals surface area contributed by atoms with E-state index in [4.69, 9.17) is 14.6 Å². The summed E-state index contributed by atoms with van der Waals surface area (Å²) in [5, 5.41) is 12.1. The number of ether oxygens (including phenoxy) is 2. The Bertz CT molecular complexity index is 193. The number of methoxy groups -OCH3 is 1. The number of nitrogens with one attached hydrogen (secondary N) is 1. The molecule has 0 aliphatic carbocycles. The summed E-state index contributed by atoms with van der Waals surface area (Å²) >= 11 is 0. The van der Waals surface area contributed by atoms with Crippen LogP contribution < -0.4 is 5.32 Å². The summed E-state index contributed by atoms with van der Waals surface area (Å²) < 4.78 is 10.1. The van der Waals surface area contributed by atoms with Gasteiger partial charge in [0, 0.05) is 19.8 Å². The van der Waals surface area contributed by atoms with Crippen LogP contribution in [0.15, 0.2) is 0 Å². The van der Waals surface area contributed by atoms with Gasteiger partial charge in [-0.05, 0) is 19.8 Å². The third-order valence-electron chi connectivity index (χ3n) is 2.43. The number of esters is 1. The third-order valence-corrected chi connectivity index (χ3v) is 2.43. The molecule has 0 aliphatic rings. The van der Waals surface area contributed by atoms with E-state index in [1.165, 1.54) is 0 Å². The molecule has 5 nitrogen and oxygen atoms in total. The fourth-order valence-corrected chi connectivity index (χ4v) is 1.66. The van der Waals surface area contributed by atoms with Crippen molar-refractivity contribution >= 4 is 5.97 Å². The Morgan fingerprint density at radius 2 is 2.06 bits per heavy atom. The molecule has 2 atom stereocenters. The summed E-state index contributed by atoms with van der Waals surface area (Å²) in [5.74, 6) is -0.228. The van der Waals surface area contributed by atoms with Gasteiger partial charge in [-0.15, -0.1) is 0 Å². The van der Waals surface area contributed by atoms with Crippen LogP contribution in [-0.2, 0) is 14.3 Å². The van der Waals surface area contributed by atoms with E-state index in [9.17, 15) is 4.79 Å². The van der Waals surface area contributed by atoms with Gasteiger partial charge in [-0.3, -0.25) is 10.1 Å². The van der Waals surface area contributed by atoms with Crippen LogP contribution in [0.1, 0.15) is 33.1 Å². The molecule has 0 heterocycles. The topological polar surface area (TPSA) is 67.8 Å². The zero-order valence-electron chi connectivity index (χ0n) is 11.1. The summed E-state index contributed by atoms with van der Waals surface area (Å²) in [4.78, 5) is 11.7. The van der Waals surface area contributed by atoms with Gasteiger partial charge >= 0.3 is 5.97 Å². The summed E-state index contributed by atoms with van der Waals surface area (Å²) in [5.41, 5.74) is 0. The summed E-state index contributed by atoms with van der Waals surface area (Å²) in [6.45, 7) is 4.74. The van der Waals surface area contributed by atoms with Crippen molar-refractivity contribution in [1.29, 1.82) is 0 Å². The van der Waals surface area contributed by atoms with Crippen molar-refractivity contribution in [3.63, 3.8) is 0 Å². The van der Waals surface area contributed by atoms with Gasteiger partial charge in [0.2, 0.25) is 0 Å². The number of carbonyl (C=O) groups excluding carboxylic acids is 1. The van der Waals surface area contributed by atoms with Gasteiger partial charge in [-0.2, -0.15) is 0 Å². The van der Waals surface area contributed by atoms with E-state index in [1.54, 1.807) is 14.0 Å². The number of carbonyl (C=O) groups is 1. The predicted molar refractivity (Wildman–Crippen MR) is 65.8 cm³/mol. The molecule has 102 valence electrons. The van der Waals surface area contributed by atoms with Crippen LogP contribution in [0.5, 0.6) is 0 Å². The molecule has 0 radical (unpaired) electrons. The maximum absolute atomic E-state index is 11.7. The van der Waals surface area contributed by atoms with E-state index in [0.717, 1.165) is 12.8 Å². The monoisotopic (exact) mass is 247 g/mol. The molecule has 0 aromatic carbocycles. The lowest BCUT2D eigenvalue weighted by atomic mass is 10.1. The molecular weight excluding hydrogens is 222 g/mol. The van der Waals surface area contributed by atoms with Crippen LogP contribution in [0.4, 0.5) is 0 Å². The molecule has 0 saturated carbocycles. The smallest absolute Gasteiger partial charge is 0.323 e. The van der Waals surface area contributed by atoms with Gasteiger partial charge in [0.15, 0.2) is 0 Å². The second kappa shape index (κ2) is 10.5. The van der Waals surface area contributed by atoms with Crippen molar-refractivity contribution in [2.75, 3.05) is 26.9 Å². The lowest BCUT2D eigenvalue weighted by molar-refractivity contribution is -0.146. The first-order chi connectivity index (χ1) is 8.19. The third kappa shape index (κ3) is 7.31. The average molecular weight is 247 g/mol. The van der Waals surface area contributed by atoms with E-state index in [-0.39, 0.29) is 24.7 Å². The van der Waals surface area contributed by atoms with Crippen molar-refractivity contribution in [3.8, 4) is 0 Å². The fourth-order valence-electron chi connectivity index (χ4n) is 1.66.